The van der Waals surface area contributed by atoms with E-state index in [1.807, 2.05) is 178 Å². The zero-order valence-corrected chi connectivity index (χ0v) is 36.6. The Kier molecular flexibility index (Phi) is 15.6. The van der Waals surface area contributed by atoms with Crippen molar-refractivity contribution in [2.75, 3.05) is 0 Å². The average molecular weight is 839 g/mol. The molecule has 0 saturated heterocycles. The first kappa shape index (κ1) is 44.5. The van der Waals surface area contributed by atoms with Crippen LogP contribution in [0.15, 0.2) is 224 Å². The first-order valence-electron chi connectivity index (χ1n) is 22.0. The van der Waals surface area contributed by atoms with Crippen molar-refractivity contribution in [1.29, 1.82) is 0 Å². The quantitative estimate of drug-likeness (QED) is 0.0629. The van der Waals surface area contributed by atoms with Crippen molar-refractivity contribution >= 4 is 41.7 Å². The van der Waals surface area contributed by atoms with Crippen molar-refractivity contribution < 1.29 is 13.8 Å². The molecule has 2 heterocycles. The molecule has 4 nitrogen and oxygen atoms in total. The summed E-state index contributed by atoms with van der Waals surface area (Å²) in [7, 11) is -1.91. The largest absolute Gasteiger partial charge is 0.611 e. The summed E-state index contributed by atoms with van der Waals surface area (Å²) in [4.78, 5) is 16.9. The van der Waals surface area contributed by atoms with Crippen LogP contribution in [0.25, 0.3) is 44.9 Å². The van der Waals surface area contributed by atoms with Gasteiger partial charge in [-0.25, -0.2) is 0 Å². The number of benzene rings is 6. The third-order valence-electron chi connectivity index (χ3n) is 10.8. The molecule has 2 aliphatic rings. The zero-order valence-electron chi connectivity index (χ0n) is 36.6. The van der Waals surface area contributed by atoms with Crippen LogP contribution in [0, 0.1) is 6.92 Å². The number of hydrogen-bond acceptors (Lipinski definition) is 3. The van der Waals surface area contributed by atoms with E-state index in [0.29, 0.717) is 29.1 Å². The molecular weight excluding hydrogens is 786 g/mol. The molecule has 316 valence electrons. The average Bonchev–Trinajstić information content (AvgIpc) is 3.51. The Morgan fingerprint density at radius 3 is 1.67 bits per heavy atom. The van der Waals surface area contributed by atoms with Gasteiger partial charge in [0.05, 0.1) is 17.7 Å². The summed E-state index contributed by atoms with van der Waals surface area (Å²) >= 11 is 0. The van der Waals surface area contributed by atoms with Gasteiger partial charge in [0, 0.05) is 28.5 Å². The van der Waals surface area contributed by atoms with Crippen LogP contribution in [0.2, 0.25) is 0 Å². The minimum absolute atomic E-state index is 0.366. The fourth-order valence-corrected chi connectivity index (χ4v) is 8.00. The van der Waals surface area contributed by atoms with Crippen LogP contribution in [0.3, 0.4) is 0 Å². The molecule has 0 radical (unpaired) electrons. The topological polar surface area (TPSA) is 43.6 Å². The lowest BCUT2D eigenvalue weighted by atomic mass is 9.86. The molecule has 0 amide bonds. The lowest BCUT2D eigenvalue weighted by Crippen LogP contribution is -2.23. The summed E-state index contributed by atoms with van der Waals surface area (Å²) in [6.07, 6.45) is 14.7. The predicted molar refractivity (Wildman–Crippen MR) is 268 cm³/mol. The summed E-state index contributed by atoms with van der Waals surface area (Å²) in [5, 5.41) is 0. The van der Waals surface area contributed by atoms with Gasteiger partial charge in [-0.3, -0.25) is 14.0 Å². The SMILES string of the molecule is CC.Cc1ccccc1.O=C/C=C/O\C1=C/C(c2ccccc2)=C(c2ccccc2)\C(c2ccccc2)=N\B(F)n2c1c(C1=CCCCC=C1)c(-c1ccccc1)c2-c1ccccc1. The number of carbonyl (C=O) groups is 1. The lowest BCUT2D eigenvalue weighted by molar-refractivity contribution is -0.104. The van der Waals surface area contributed by atoms with Crippen molar-refractivity contribution in [3.05, 3.63) is 252 Å². The number of rotatable bonds is 9. The molecule has 0 fully saturated rings. The Bertz CT molecular complexity index is 2790. The van der Waals surface area contributed by atoms with Gasteiger partial charge in [-0.05, 0) is 71.2 Å². The monoisotopic (exact) mass is 838 g/mol. The maximum Gasteiger partial charge on any atom is 0.611 e. The first-order valence-corrected chi connectivity index (χ1v) is 22.0. The van der Waals surface area contributed by atoms with E-state index in [9.17, 15) is 4.79 Å². The third-order valence-corrected chi connectivity index (χ3v) is 10.8. The number of halogens is 1. The number of aldehydes is 1. The molecule has 0 atom stereocenters. The maximum atomic E-state index is 18.4. The fourth-order valence-electron chi connectivity index (χ4n) is 8.00. The normalized spacial score (nSPS) is 16.3. The number of allylic oxidation sites excluding steroid dienone is 8. The second-order valence-electron chi connectivity index (χ2n) is 15.0. The van der Waals surface area contributed by atoms with Gasteiger partial charge in [0.2, 0.25) is 0 Å². The van der Waals surface area contributed by atoms with Gasteiger partial charge in [-0.2, -0.15) is 0 Å². The van der Waals surface area contributed by atoms with E-state index < -0.39 is 7.26 Å². The highest BCUT2D eigenvalue weighted by Crippen LogP contribution is 2.48. The van der Waals surface area contributed by atoms with Crippen LogP contribution in [-0.4, -0.2) is 23.7 Å². The van der Waals surface area contributed by atoms with E-state index in [1.54, 1.807) is 4.48 Å². The smallest absolute Gasteiger partial charge is 0.463 e. The van der Waals surface area contributed by atoms with Crippen molar-refractivity contribution in [1.82, 2.24) is 4.48 Å². The van der Waals surface area contributed by atoms with Crippen LogP contribution < -0.4 is 0 Å². The molecule has 0 unspecified atom stereocenters. The molecule has 0 saturated carbocycles. The van der Waals surface area contributed by atoms with Gasteiger partial charge in [0.25, 0.3) is 0 Å². The molecule has 0 N–H and O–H groups in total. The van der Waals surface area contributed by atoms with Crippen molar-refractivity contribution in [2.24, 2.45) is 4.90 Å². The highest BCUT2D eigenvalue weighted by molar-refractivity contribution is 6.55. The molecule has 1 aliphatic heterocycles. The van der Waals surface area contributed by atoms with Gasteiger partial charge < -0.3 is 9.21 Å². The molecule has 0 spiro atoms. The Morgan fingerprint density at radius 2 is 1.12 bits per heavy atom. The summed E-state index contributed by atoms with van der Waals surface area (Å²) in [5.41, 5.74) is 11.4. The number of hydrogen-bond donors (Lipinski definition) is 0. The minimum atomic E-state index is -1.91. The predicted octanol–water partition coefficient (Wildman–Crippen LogP) is 15.0. The number of ether oxygens (including phenoxy) is 1. The van der Waals surface area contributed by atoms with Gasteiger partial charge >= 0.3 is 7.26 Å². The Hall–Kier alpha value is -7.57. The number of aromatic nitrogens is 1. The minimum Gasteiger partial charge on any atom is -0.463 e. The second-order valence-corrected chi connectivity index (χ2v) is 15.0. The highest BCUT2D eigenvalue weighted by Gasteiger charge is 2.37. The molecular formula is C58H52BFN2O2. The lowest BCUT2D eigenvalue weighted by Gasteiger charge is -2.18. The van der Waals surface area contributed by atoms with Crippen LogP contribution in [0.5, 0.6) is 0 Å². The van der Waals surface area contributed by atoms with Crippen LogP contribution in [-0.2, 0) is 9.53 Å². The molecule has 9 rings (SSSR count). The van der Waals surface area contributed by atoms with Crippen molar-refractivity contribution in [3.8, 4) is 22.4 Å². The molecule has 1 aromatic heterocycles. The van der Waals surface area contributed by atoms with E-state index in [4.69, 9.17) is 9.64 Å². The van der Waals surface area contributed by atoms with Crippen molar-refractivity contribution in [3.63, 3.8) is 0 Å². The Labute approximate surface area is 378 Å². The molecule has 6 heteroatoms. The maximum absolute atomic E-state index is 18.4. The van der Waals surface area contributed by atoms with E-state index in [2.05, 4.69) is 49.4 Å². The number of carbonyl (C=O) groups excluding carboxylic acids is 1. The zero-order chi connectivity index (χ0) is 44.5. The summed E-state index contributed by atoms with van der Waals surface area (Å²) in [6, 6.07) is 60.1. The van der Waals surface area contributed by atoms with Gasteiger partial charge in [-0.15, -0.1) is 0 Å². The standard InChI is InChI=1S/C49H38BFN2O2.C7H8.C2H6/c51-50-52-47(40-29-16-6-17-30-40)44(37-23-12-4-13-24-37)42(36-21-10-3-11-22-36)35-43(55-34-20-33-54)49-46(39-25-8-1-2-9-26-39)45(38-27-14-5-15-28-38)48(53(49)50)41-31-18-7-19-32-41;1-7-5-3-2-4-6-7;1-2/h3-8,10-35H,1-2,9H2;2-6H,1H3;1-2H3/b34-20+,43-35-,44-42+,52-47+;;. The molecule has 7 aromatic rings. The van der Waals surface area contributed by atoms with Crippen LogP contribution in [0.1, 0.15) is 66.6 Å². The van der Waals surface area contributed by atoms with Crippen LogP contribution >= 0.6 is 0 Å². The molecule has 6 aromatic carbocycles. The summed E-state index contributed by atoms with van der Waals surface area (Å²) in [5.74, 6) is 0.366. The fraction of sp³-hybridized carbons (Fsp3) is 0.103. The van der Waals surface area contributed by atoms with Gasteiger partial charge in [-0.1, -0.05) is 220 Å². The van der Waals surface area contributed by atoms with E-state index in [1.165, 1.54) is 17.9 Å². The number of aryl methyl sites for hydroxylation is 1. The third kappa shape index (κ3) is 10.4. The Balaban J connectivity index is 0.000000615. The first-order chi connectivity index (χ1) is 31.6. The van der Waals surface area contributed by atoms with Gasteiger partial charge in [0.15, 0.2) is 0 Å². The van der Waals surface area contributed by atoms with Gasteiger partial charge in [0.1, 0.15) is 12.0 Å². The molecule has 1 aliphatic carbocycles. The van der Waals surface area contributed by atoms with E-state index in [0.717, 1.165) is 74.9 Å². The Morgan fingerprint density at radius 1 is 0.609 bits per heavy atom. The summed E-state index contributed by atoms with van der Waals surface area (Å²) in [6.45, 7) is 6.08. The molecule has 0 bridgehead atoms. The van der Waals surface area contributed by atoms with Crippen LogP contribution in [0.4, 0.5) is 4.32 Å². The number of fused-ring (bicyclic) bond motifs is 1. The highest BCUT2D eigenvalue weighted by atomic mass is 19.1. The summed E-state index contributed by atoms with van der Waals surface area (Å²) < 4.78 is 26.7. The van der Waals surface area contributed by atoms with Crippen molar-refractivity contribution in [2.45, 2.75) is 40.0 Å². The number of nitrogens with zero attached hydrogens (tertiary/aromatic N) is 2. The molecule has 64 heavy (non-hydrogen) atoms. The van der Waals surface area contributed by atoms with E-state index in [-0.39, 0.29) is 0 Å². The van der Waals surface area contributed by atoms with E-state index >= 15 is 4.32 Å². The second kappa shape index (κ2) is 22.5.